The fraction of sp³-hybridized carbons (Fsp3) is 0.588. The van der Waals surface area contributed by atoms with Crippen molar-refractivity contribution < 1.29 is 0 Å². The van der Waals surface area contributed by atoms with E-state index in [2.05, 4.69) is 55.6 Å². The summed E-state index contributed by atoms with van der Waals surface area (Å²) in [4.78, 5) is 0. The average Bonchev–Trinajstić information content (AvgIpc) is 3.17. The predicted molar refractivity (Wildman–Crippen MR) is 78.7 cm³/mol. The SMILES string of the molecule is CC(C)(CCc1ccccc1)NCC1(CC#N)CC1. The van der Waals surface area contributed by atoms with Crippen LogP contribution in [-0.2, 0) is 6.42 Å². The second-order valence-electron chi connectivity index (χ2n) is 6.56. The third-order valence-electron chi connectivity index (χ3n) is 4.23. The van der Waals surface area contributed by atoms with Crippen molar-refractivity contribution in [2.75, 3.05) is 6.54 Å². The Morgan fingerprint density at radius 1 is 1.26 bits per heavy atom. The van der Waals surface area contributed by atoms with E-state index in [4.69, 9.17) is 5.26 Å². The largest absolute Gasteiger partial charge is 0.311 e. The lowest BCUT2D eigenvalue weighted by atomic mass is 9.93. The van der Waals surface area contributed by atoms with Crippen LogP contribution >= 0.6 is 0 Å². The van der Waals surface area contributed by atoms with Crippen LogP contribution in [0.5, 0.6) is 0 Å². The number of nitriles is 1. The van der Waals surface area contributed by atoms with E-state index in [0.29, 0.717) is 11.8 Å². The molecule has 1 fully saturated rings. The maximum Gasteiger partial charge on any atom is 0.0628 e. The first-order valence-electron chi connectivity index (χ1n) is 7.21. The highest BCUT2D eigenvalue weighted by Crippen LogP contribution is 2.48. The number of nitrogens with one attached hydrogen (secondary N) is 1. The van der Waals surface area contributed by atoms with Gasteiger partial charge in [0, 0.05) is 18.5 Å². The van der Waals surface area contributed by atoms with Gasteiger partial charge < -0.3 is 5.32 Å². The van der Waals surface area contributed by atoms with Crippen molar-refractivity contribution in [2.24, 2.45) is 5.41 Å². The first-order valence-corrected chi connectivity index (χ1v) is 7.21. The lowest BCUT2D eigenvalue weighted by molar-refractivity contribution is 0.320. The molecule has 0 spiro atoms. The minimum Gasteiger partial charge on any atom is -0.311 e. The van der Waals surface area contributed by atoms with Crippen LogP contribution in [0, 0.1) is 16.7 Å². The molecule has 1 saturated carbocycles. The van der Waals surface area contributed by atoms with Crippen molar-refractivity contribution >= 4 is 0 Å². The number of benzene rings is 1. The fourth-order valence-corrected chi connectivity index (χ4v) is 2.38. The zero-order valence-corrected chi connectivity index (χ0v) is 12.1. The van der Waals surface area contributed by atoms with E-state index in [1.807, 2.05) is 0 Å². The van der Waals surface area contributed by atoms with E-state index in [1.165, 1.54) is 18.4 Å². The van der Waals surface area contributed by atoms with Crippen LogP contribution in [0.25, 0.3) is 0 Å². The van der Waals surface area contributed by atoms with Crippen LogP contribution in [0.1, 0.15) is 45.1 Å². The van der Waals surface area contributed by atoms with Gasteiger partial charge in [-0.05, 0) is 50.5 Å². The molecule has 0 bridgehead atoms. The van der Waals surface area contributed by atoms with E-state index in [0.717, 1.165) is 19.4 Å². The first kappa shape index (κ1) is 14.1. The monoisotopic (exact) mass is 256 g/mol. The molecule has 1 aromatic rings. The average molecular weight is 256 g/mol. The summed E-state index contributed by atoms with van der Waals surface area (Å²) < 4.78 is 0. The Hall–Kier alpha value is -1.33. The Morgan fingerprint density at radius 3 is 2.53 bits per heavy atom. The molecular weight excluding hydrogens is 232 g/mol. The normalized spacial score (nSPS) is 16.9. The summed E-state index contributed by atoms with van der Waals surface area (Å²) in [6.07, 6.45) is 5.35. The maximum absolute atomic E-state index is 8.85. The summed E-state index contributed by atoms with van der Waals surface area (Å²) in [5, 5.41) is 12.5. The number of rotatable bonds is 7. The minimum atomic E-state index is 0.140. The molecule has 19 heavy (non-hydrogen) atoms. The highest BCUT2D eigenvalue weighted by atomic mass is 15.0. The van der Waals surface area contributed by atoms with Crippen LogP contribution in [0.2, 0.25) is 0 Å². The Bertz CT molecular complexity index is 438. The van der Waals surface area contributed by atoms with Gasteiger partial charge in [-0.3, -0.25) is 0 Å². The summed E-state index contributed by atoms with van der Waals surface area (Å²) in [5.41, 5.74) is 1.83. The van der Waals surface area contributed by atoms with Crippen molar-refractivity contribution in [3.8, 4) is 6.07 Å². The van der Waals surface area contributed by atoms with E-state index >= 15 is 0 Å². The van der Waals surface area contributed by atoms with Crippen molar-refractivity contribution in [1.29, 1.82) is 5.26 Å². The third kappa shape index (κ3) is 4.36. The van der Waals surface area contributed by atoms with Gasteiger partial charge in [0.2, 0.25) is 0 Å². The Kier molecular flexibility index (Phi) is 4.27. The molecule has 0 atom stereocenters. The van der Waals surface area contributed by atoms with Gasteiger partial charge in [0.05, 0.1) is 6.07 Å². The van der Waals surface area contributed by atoms with Gasteiger partial charge in [0.1, 0.15) is 0 Å². The van der Waals surface area contributed by atoms with Gasteiger partial charge in [-0.25, -0.2) is 0 Å². The molecule has 1 N–H and O–H groups in total. The van der Waals surface area contributed by atoms with Crippen LogP contribution in [-0.4, -0.2) is 12.1 Å². The zero-order valence-electron chi connectivity index (χ0n) is 12.1. The highest BCUT2D eigenvalue weighted by Gasteiger charge is 2.42. The van der Waals surface area contributed by atoms with Gasteiger partial charge in [0.25, 0.3) is 0 Å². The summed E-state index contributed by atoms with van der Waals surface area (Å²) in [7, 11) is 0. The number of hydrogen-bond donors (Lipinski definition) is 1. The van der Waals surface area contributed by atoms with E-state index in [1.54, 1.807) is 0 Å². The van der Waals surface area contributed by atoms with Gasteiger partial charge in [-0.15, -0.1) is 0 Å². The predicted octanol–water partition coefficient (Wildman–Crippen LogP) is 3.68. The van der Waals surface area contributed by atoms with Gasteiger partial charge >= 0.3 is 0 Å². The molecule has 2 nitrogen and oxygen atoms in total. The smallest absolute Gasteiger partial charge is 0.0628 e. The standard InChI is InChI=1S/C17H24N2/c1-16(2,9-8-15-6-4-3-5-7-15)19-14-17(10-11-17)12-13-18/h3-7,19H,8-12,14H2,1-2H3. The molecule has 2 heteroatoms. The van der Waals surface area contributed by atoms with E-state index in [-0.39, 0.29) is 5.54 Å². The molecule has 0 aromatic heterocycles. The lowest BCUT2D eigenvalue weighted by Crippen LogP contribution is -2.42. The molecule has 0 unspecified atom stereocenters. The van der Waals surface area contributed by atoms with Crippen LogP contribution in [0.15, 0.2) is 30.3 Å². The van der Waals surface area contributed by atoms with Gasteiger partial charge in [-0.2, -0.15) is 5.26 Å². The topological polar surface area (TPSA) is 35.8 Å². The molecule has 1 aromatic carbocycles. The maximum atomic E-state index is 8.85. The summed E-state index contributed by atoms with van der Waals surface area (Å²) in [6, 6.07) is 13.0. The molecule has 0 heterocycles. The quantitative estimate of drug-likeness (QED) is 0.807. The van der Waals surface area contributed by atoms with Crippen molar-refractivity contribution in [3.63, 3.8) is 0 Å². The fourth-order valence-electron chi connectivity index (χ4n) is 2.38. The highest BCUT2D eigenvalue weighted by molar-refractivity contribution is 5.15. The molecule has 0 aliphatic heterocycles. The molecular formula is C17H24N2. The molecule has 0 radical (unpaired) electrons. The van der Waals surface area contributed by atoms with Crippen molar-refractivity contribution in [1.82, 2.24) is 5.32 Å². The minimum absolute atomic E-state index is 0.140. The summed E-state index contributed by atoms with van der Waals surface area (Å²) in [5.74, 6) is 0. The Balaban J connectivity index is 1.77. The number of aryl methyl sites for hydroxylation is 1. The van der Waals surface area contributed by atoms with Crippen molar-refractivity contribution in [3.05, 3.63) is 35.9 Å². The van der Waals surface area contributed by atoms with Crippen LogP contribution in [0.3, 0.4) is 0 Å². The van der Waals surface area contributed by atoms with Crippen LogP contribution < -0.4 is 5.32 Å². The third-order valence-corrected chi connectivity index (χ3v) is 4.23. The van der Waals surface area contributed by atoms with E-state index in [9.17, 15) is 0 Å². The zero-order chi connectivity index (χ0) is 13.8. The molecule has 2 rings (SSSR count). The number of hydrogen-bond acceptors (Lipinski definition) is 2. The van der Waals surface area contributed by atoms with Crippen LogP contribution in [0.4, 0.5) is 0 Å². The molecule has 1 aliphatic rings. The van der Waals surface area contributed by atoms with Gasteiger partial charge in [0.15, 0.2) is 0 Å². The summed E-state index contributed by atoms with van der Waals surface area (Å²) >= 11 is 0. The molecule has 1 aliphatic carbocycles. The Labute approximate surface area is 116 Å². The first-order chi connectivity index (χ1) is 9.05. The second kappa shape index (κ2) is 5.75. The number of nitrogens with zero attached hydrogens (tertiary/aromatic N) is 1. The lowest BCUT2D eigenvalue weighted by Gasteiger charge is -2.29. The van der Waals surface area contributed by atoms with Crippen molar-refractivity contribution in [2.45, 2.75) is 51.5 Å². The van der Waals surface area contributed by atoms with E-state index < -0.39 is 0 Å². The second-order valence-corrected chi connectivity index (χ2v) is 6.56. The molecule has 0 amide bonds. The molecule has 102 valence electrons. The Morgan fingerprint density at radius 2 is 1.95 bits per heavy atom. The summed E-state index contributed by atoms with van der Waals surface area (Å²) in [6.45, 7) is 5.51. The molecule has 0 saturated heterocycles. The van der Waals surface area contributed by atoms with Gasteiger partial charge in [-0.1, -0.05) is 30.3 Å².